The van der Waals surface area contributed by atoms with E-state index in [0.29, 0.717) is 0 Å². The molecule has 0 saturated carbocycles. The van der Waals surface area contributed by atoms with Gasteiger partial charge in [-0.05, 0) is 6.92 Å². The first-order valence-electron chi connectivity index (χ1n) is 42.4. The minimum absolute atomic E-state index is 0.876. The van der Waals surface area contributed by atoms with Gasteiger partial charge >= 0.3 is 0 Å². The Labute approximate surface area is 753 Å². The topological polar surface area (TPSA) is 928 Å². The highest BCUT2D eigenvalue weighted by molar-refractivity contribution is 5.74. The van der Waals surface area contributed by atoms with Gasteiger partial charge in [-0.2, -0.15) is 0 Å². The van der Waals surface area contributed by atoms with Gasteiger partial charge in [-0.3, -0.25) is 19.2 Å². The Kier molecular flexibility index (Phi) is 40.8. The molecule has 59 heteroatoms. The molecule has 10 heterocycles. The molecule has 35 N–H and O–H groups in total. The molecule has 0 aromatic carbocycles. The molecule has 59 nitrogen and oxygen atoms in total. The molecule has 772 valence electrons. The van der Waals surface area contributed by atoms with Crippen LogP contribution in [0.15, 0.2) is 0 Å². The minimum atomic E-state index is -2.59. The minimum Gasteiger partial charge on any atom is -0.394 e. The fourth-order valence-electron chi connectivity index (χ4n) is 16.9. The maximum absolute atomic E-state index is 13.5. The van der Waals surface area contributed by atoms with Gasteiger partial charge in [-0.15, -0.1) is 0 Å². The molecule has 10 aliphatic heterocycles. The maximum Gasteiger partial charge on any atom is 0.217 e. The van der Waals surface area contributed by atoms with E-state index in [9.17, 15) is 177 Å². The number of aliphatic hydroxyl groups is 31. The Morgan fingerprint density at radius 2 is 0.526 bits per heavy atom. The van der Waals surface area contributed by atoms with E-state index in [1.54, 1.807) is 0 Å². The van der Waals surface area contributed by atoms with Crippen LogP contribution in [-0.4, -0.2) is 586 Å². The Morgan fingerprint density at radius 1 is 0.256 bits per heavy atom. The first-order chi connectivity index (χ1) is 62.9. The normalized spacial score (nSPS) is 47.6. The Hall–Kier alpha value is -4.16. The van der Waals surface area contributed by atoms with Crippen molar-refractivity contribution in [1.82, 2.24) is 21.3 Å². The molecule has 10 saturated heterocycles. The number of hydrogen-bond acceptors (Lipinski definition) is 55. The molecule has 0 aliphatic carbocycles. The van der Waals surface area contributed by atoms with Crippen molar-refractivity contribution in [2.75, 3.05) is 72.7 Å². The second-order valence-corrected chi connectivity index (χ2v) is 33.6. The third-order valence-corrected chi connectivity index (χ3v) is 24.2. The SMILES string of the molecule is CC(=O)N[C@H]1[C@H](OC[C@H]2O[C@@H](O[C@H]3[C@H](O)[C@@H](NC(C)=O)[C@H](OC[C@H]4O[C@@H](O[C@@H]([C@H](O)[C@@H](O)CO)[C@H](O)CO)[C@H](O)[C@@H](O[C@@H]5O[C@H](CO)[C@@H](O[C@@H]6O[C@@H](C)[C@@H](O)[C@@H](O)[C@@H]6O)[C@H](O[C@@H]6O[C@H](CO)[C@H](O)[C@H](O)[C@H]6O)[C@H]5NC(C)=O)[C@H]4O)O[C@@H]3CO)[C@H](O)[C@@H](O[C@@H]3O[C@H](CO)[C@@H](O)[C@H](O[C@@H]4O[C@H](CO)[C@H](O)[C@H](O)[C@H]4O)[C@H]3NC(C)=O)[C@H]2O)O[C@H](CO)[C@@H](O[C@@H]2O[C@H](CO)[C@H](O)[C@H](O)[C@H]2O)[C@@H]1O. The Balaban J connectivity index is 0.981. The van der Waals surface area contributed by atoms with Crippen LogP contribution in [-0.2, 0) is 114 Å². The highest BCUT2D eigenvalue weighted by Gasteiger charge is 2.62. The van der Waals surface area contributed by atoms with E-state index in [1.165, 1.54) is 6.92 Å². The highest BCUT2D eigenvalue weighted by atomic mass is 16.8. The Morgan fingerprint density at radius 3 is 0.910 bits per heavy atom. The smallest absolute Gasteiger partial charge is 0.217 e. The molecule has 0 aromatic heterocycles. The molecule has 0 unspecified atom stereocenters. The summed E-state index contributed by atoms with van der Waals surface area (Å²) in [5, 5.41) is 353. The lowest BCUT2D eigenvalue weighted by atomic mass is 9.93. The summed E-state index contributed by atoms with van der Waals surface area (Å²) in [6, 6.07) is -8.04. The first kappa shape index (κ1) is 111. The summed E-state index contributed by atoms with van der Waals surface area (Å²) in [5.74, 6) is -4.03. The summed E-state index contributed by atoms with van der Waals surface area (Å²) >= 11 is 0. The third-order valence-electron chi connectivity index (χ3n) is 24.2. The summed E-state index contributed by atoms with van der Waals surface area (Å²) in [6.07, 6.45) is -107. The molecule has 0 radical (unpaired) electrons. The number of carbonyl (C=O) groups is 4. The molecule has 10 aliphatic rings. The number of carbonyl (C=O) groups excluding carboxylic acids is 4. The molecule has 0 aromatic rings. The highest BCUT2D eigenvalue weighted by Crippen LogP contribution is 2.41. The molecule has 54 atom stereocenters. The average molecular weight is 1950 g/mol. The van der Waals surface area contributed by atoms with Crippen LogP contribution in [0.4, 0.5) is 0 Å². The van der Waals surface area contributed by atoms with Gasteiger partial charge in [-0.1, -0.05) is 0 Å². The van der Waals surface area contributed by atoms with Crippen LogP contribution in [0.25, 0.3) is 0 Å². The number of nitrogens with one attached hydrogen (secondary N) is 4. The van der Waals surface area contributed by atoms with Crippen LogP contribution >= 0.6 is 0 Å². The number of amides is 4. The molecular weight excluding hydrogens is 1820 g/mol. The van der Waals surface area contributed by atoms with Crippen molar-refractivity contribution in [2.45, 2.75) is 366 Å². The van der Waals surface area contributed by atoms with E-state index in [4.69, 9.17) is 94.7 Å². The lowest BCUT2D eigenvalue weighted by Crippen LogP contribution is -2.71. The second kappa shape index (κ2) is 49.0. The van der Waals surface area contributed by atoms with Crippen molar-refractivity contribution < 1.29 is 272 Å². The Bertz CT molecular complexity index is 3570. The van der Waals surface area contributed by atoms with Crippen LogP contribution in [0, 0.1) is 0 Å². The van der Waals surface area contributed by atoms with E-state index in [0.717, 1.165) is 27.7 Å². The van der Waals surface area contributed by atoms with Gasteiger partial charge in [-0.25, -0.2) is 0 Å². The number of ether oxygens (including phenoxy) is 20. The van der Waals surface area contributed by atoms with Crippen LogP contribution < -0.4 is 21.3 Å². The molecular formula is C74H126N4O55. The van der Waals surface area contributed by atoms with Crippen molar-refractivity contribution in [3.8, 4) is 0 Å². The summed E-state index contributed by atoms with van der Waals surface area (Å²) in [7, 11) is 0. The third kappa shape index (κ3) is 25.1. The van der Waals surface area contributed by atoms with Gasteiger partial charge in [0.2, 0.25) is 23.6 Å². The number of aliphatic hydroxyl groups excluding tert-OH is 31. The van der Waals surface area contributed by atoms with Crippen molar-refractivity contribution in [3.63, 3.8) is 0 Å². The van der Waals surface area contributed by atoms with Crippen LogP contribution in [0.1, 0.15) is 34.6 Å². The van der Waals surface area contributed by atoms with Crippen LogP contribution in [0.5, 0.6) is 0 Å². The van der Waals surface area contributed by atoms with Crippen LogP contribution in [0.2, 0.25) is 0 Å². The largest absolute Gasteiger partial charge is 0.394 e. The number of rotatable bonds is 38. The zero-order valence-corrected chi connectivity index (χ0v) is 71.6. The fourth-order valence-corrected chi connectivity index (χ4v) is 16.9. The van der Waals surface area contributed by atoms with Gasteiger partial charge in [0.05, 0.1) is 78.8 Å². The standard InChI is InChI=1S/C74H126N4O55/c1-17-37(94)47(104)51(108)69(116-17)129-60-30(14-87)123-68(36(78-21(5)91)62(60)131-72-54(111)50(107)41(98)26(10-83)120-72)133-63-43(100)31(124-73(55(63)112)126-57(23(93)7-80)38(95)22(92)6-79)15-114-66-34(76-19(3)89)46(103)59(29(13-86)122-66)128-74-56(113)64(132-67-35(77-20(4)90)61(42(99)27(11-84)117-67)130-71-53(110)49(106)40(97)25(9-82)119-71)44(101)32(125-74)16-115-65-33(75-18(2)88)45(102)58(28(12-85)121-65)127-70-52(109)48(105)39(96)24(8-81)118-70/h17,22-74,79-87,92-113H,6-16H2,1-5H3,(H,75,88)(H,76,89)(H,77,90)(H,78,91)/t17-,22-,23+,24+,25+,26+,27+,28+,29+,30+,31+,32+,33+,34+,35+,36+,37+,38+,39-,40-,41-,42+,43-,44-,45+,46+,47+,48-,49-,50-,51-,52+,53+,54+,55+,56+,57+,58+,59+,60+,61+,62+,63-,64-,65+,66+,67-,68-,69-,70-,71-,72-,73-,74-/m0/s1. The van der Waals surface area contributed by atoms with Gasteiger partial charge in [0.15, 0.2) is 62.9 Å². The average Bonchev–Trinajstić information content (AvgIpc) is 0.751. The molecule has 133 heavy (non-hydrogen) atoms. The van der Waals surface area contributed by atoms with E-state index in [1.807, 2.05) is 0 Å². The van der Waals surface area contributed by atoms with Crippen molar-refractivity contribution in [3.05, 3.63) is 0 Å². The molecule has 4 amide bonds. The van der Waals surface area contributed by atoms with Crippen molar-refractivity contribution >= 4 is 23.6 Å². The maximum atomic E-state index is 13.5. The summed E-state index contributed by atoms with van der Waals surface area (Å²) < 4.78 is 120. The predicted octanol–water partition coefficient (Wildman–Crippen LogP) is -23.7. The zero-order valence-electron chi connectivity index (χ0n) is 71.6. The quantitative estimate of drug-likeness (QED) is 0.0273. The molecule has 10 rings (SSSR count). The van der Waals surface area contributed by atoms with Crippen molar-refractivity contribution in [1.29, 1.82) is 0 Å². The van der Waals surface area contributed by atoms with E-state index in [-0.39, 0.29) is 0 Å². The van der Waals surface area contributed by atoms with Gasteiger partial charge in [0.1, 0.15) is 262 Å². The molecule has 0 bridgehead atoms. The monoisotopic (exact) mass is 1950 g/mol. The van der Waals surface area contributed by atoms with Gasteiger partial charge < -0.3 is 274 Å². The lowest BCUT2D eigenvalue weighted by Gasteiger charge is -2.51. The van der Waals surface area contributed by atoms with Gasteiger partial charge in [0, 0.05) is 27.7 Å². The molecule has 0 spiro atoms. The molecule has 10 fully saturated rings. The first-order valence-corrected chi connectivity index (χ1v) is 42.4. The summed E-state index contributed by atoms with van der Waals surface area (Å²) in [6.45, 7) is -8.03. The predicted molar refractivity (Wildman–Crippen MR) is 410 cm³/mol. The summed E-state index contributed by atoms with van der Waals surface area (Å²) in [5.41, 5.74) is 0. The summed E-state index contributed by atoms with van der Waals surface area (Å²) in [4.78, 5) is 53.1. The zero-order chi connectivity index (χ0) is 98.2. The second-order valence-electron chi connectivity index (χ2n) is 33.6. The van der Waals surface area contributed by atoms with Crippen LogP contribution in [0.3, 0.4) is 0 Å². The lowest BCUT2D eigenvalue weighted by molar-refractivity contribution is -0.390. The van der Waals surface area contributed by atoms with E-state index >= 15 is 0 Å². The van der Waals surface area contributed by atoms with E-state index in [2.05, 4.69) is 21.3 Å². The number of hydrogen-bond donors (Lipinski definition) is 35. The fraction of sp³-hybridized carbons (Fsp3) is 0.946. The van der Waals surface area contributed by atoms with Gasteiger partial charge in [0.25, 0.3) is 0 Å². The van der Waals surface area contributed by atoms with Crippen molar-refractivity contribution in [2.24, 2.45) is 0 Å². The van der Waals surface area contributed by atoms with E-state index < -0.39 is 428 Å².